The van der Waals surface area contributed by atoms with Crippen LogP contribution in [0, 0.1) is 13.8 Å². The van der Waals surface area contributed by atoms with Crippen molar-refractivity contribution in [2.45, 2.75) is 41.5 Å². The standard InChI is InChI=1S/C38H36N4O2.Ni/c1-23-15-19-29(20-16-23)37(43)35-25(3)39-31-11-7-9-13-33(31)41-27(5)36(38(44)30-21-17-24(2)18-22-30)28(6)42-34-14-10-8-12-32(34)40-26(35)4;/h7-22H,1-6H3,(H2,39,40,41,42,43,44);/q;+2/p-2. The number of nitrogens with zero attached hydrogens (tertiary/aromatic N) is 4. The molecule has 0 bridgehead atoms. The second kappa shape index (κ2) is 14.3. The number of hydrogen-bond acceptors (Lipinski definition) is 4. The van der Waals surface area contributed by atoms with Gasteiger partial charge >= 0.3 is 16.5 Å². The van der Waals surface area contributed by atoms with Crippen molar-refractivity contribution in [2.75, 3.05) is 0 Å². The molecule has 6 nitrogen and oxygen atoms in total. The van der Waals surface area contributed by atoms with E-state index in [-0.39, 0.29) is 28.1 Å². The Morgan fingerprint density at radius 3 is 1.18 bits per heavy atom. The topological polar surface area (TPSA) is 87.1 Å². The molecule has 0 unspecified atom stereocenters. The van der Waals surface area contributed by atoms with Crippen LogP contribution in [0.25, 0.3) is 10.6 Å². The molecule has 5 rings (SSSR count). The number of hydrogen-bond donors (Lipinski definition) is 0. The zero-order chi connectivity index (χ0) is 31.4. The van der Waals surface area contributed by atoms with Crippen LogP contribution in [0.15, 0.2) is 130 Å². The SMILES string of the molecule is CC1=Nc2ccccc2[N-]/C(C)=C(/C(=O)c2ccc(C)cc2)C(C)=Nc2ccccc2[N-]/C(C)=C\1C(=O)c1ccc(C)cc1.[Ni+2]. The molecule has 1 heterocycles. The van der Waals surface area contributed by atoms with Gasteiger partial charge in [0.1, 0.15) is 0 Å². The normalized spacial score (nSPS) is 16.8. The van der Waals surface area contributed by atoms with Crippen molar-refractivity contribution in [2.24, 2.45) is 9.98 Å². The summed E-state index contributed by atoms with van der Waals surface area (Å²) in [7, 11) is 0. The van der Waals surface area contributed by atoms with E-state index in [1.165, 1.54) is 0 Å². The summed E-state index contributed by atoms with van der Waals surface area (Å²) in [6.45, 7) is 11.2. The molecular weight excluding hydrogens is 603 g/mol. The fraction of sp³-hybridized carbons (Fsp3) is 0.158. The van der Waals surface area contributed by atoms with E-state index < -0.39 is 0 Å². The predicted molar refractivity (Wildman–Crippen MR) is 181 cm³/mol. The Morgan fingerprint density at radius 2 is 0.822 bits per heavy atom. The van der Waals surface area contributed by atoms with Gasteiger partial charge in [0.15, 0.2) is 11.6 Å². The van der Waals surface area contributed by atoms with Crippen LogP contribution in [-0.4, -0.2) is 23.0 Å². The summed E-state index contributed by atoms with van der Waals surface area (Å²) in [6, 6.07) is 29.8. The van der Waals surface area contributed by atoms with Crippen molar-refractivity contribution in [3.8, 4) is 0 Å². The summed E-state index contributed by atoms with van der Waals surface area (Å²) < 4.78 is 0. The van der Waals surface area contributed by atoms with Crippen LogP contribution in [0.4, 0.5) is 22.7 Å². The molecule has 0 saturated carbocycles. The van der Waals surface area contributed by atoms with Gasteiger partial charge in [-0.3, -0.25) is 19.6 Å². The summed E-state index contributed by atoms with van der Waals surface area (Å²) >= 11 is 0. The Hall–Kier alpha value is -4.87. The van der Waals surface area contributed by atoms with Gasteiger partial charge in [-0.15, -0.1) is 22.8 Å². The molecule has 0 N–H and O–H groups in total. The molecule has 7 heteroatoms. The van der Waals surface area contributed by atoms with E-state index in [1.54, 1.807) is 0 Å². The van der Waals surface area contributed by atoms with E-state index in [1.807, 2.05) is 139 Å². The maximum Gasteiger partial charge on any atom is 2.00 e. The number of carbonyl (C=O) groups excluding carboxylic acids is 2. The number of ketones is 2. The molecule has 1 aliphatic rings. The third-order valence-electron chi connectivity index (χ3n) is 7.44. The number of aliphatic imine (C=N–C) groups is 2. The second-order valence-corrected chi connectivity index (χ2v) is 10.9. The molecule has 0 atom stereocenters. The fourth-order valence-electron chi connectivity index (χ4n) is 5.13. The first-order valence-corrected chi connectivity index (χ1v) is 14.5. The molecular formula is C38H34N4NiO2. The van der Waals surface area contributed by atoms with Gasteiger partial charge in [0.2, 0.25) is 0 Å². The number of para-hydroxylation sites is 4. The van der Waals surface area contributed by atoms with Gasteiger partial charge in [0.05, 0.1) is 0 Å². The minimum atomic E-state index is -0.173. The summed E-state index contributed by atoms with van der Waals surface area (Å²) in [5.41, 5.74) is 8.34. The Morgan fingerprint density at radius 1 is 0.489 bits per heavy atom. The van der Waals surface area contributed by atoms with Crippen LogP contribution < -0.4 is 0 Å². The van der Waals surface area contributed by atoms with E-state index in [4.69, 9.17) is 20.6 Å². The summed E-state index contributed by atoms with van der Waals surface area (Å²) in [6.07, 6.45) is 0. The average Bonchev–Trinajstić information content (AvgIpc) is 2.99. The average molecular weight is 637 g/mol. The van der Waals surface area contributed by atoms with E-state index in [2.05, 4.69) is 0 Å². The molecule has 0 saturated heterocycles. The number of fused-ring (bicyclic) bond motifs is 2. The van der Waals surface area contributed by atoms with Crippen LogP contribution in [0.3, 0.4) is 0 Å². The van der Waals surface area contributed by atoms with Crippen molar-refractivity contribution in [3.05, 3.63) is 152 Å². The summed E-state index contributed by atoms with van der Waals surface area (Å²) in [5.74, 6) is -0.346. The van der Waals surface area contributed by atoms with E-state index in [0.717, 1.165) is 11.1 Å². The molecule has 0 amide bonds. The van der Waals surface area contributed by atoms with Crippen molar-refractivity contribution in [1.82, 2.24) is 0 Å². The number of benzene rings is 4. The Kier molecular flexibility index (Phi) is 10.5. The third kappa shape index (κ3) is 7.45. The first-order valence-electron chi connectivity index (χ1n) is 14.5. The summed E-state index contributed by atoms with van der Waals surface area (Å²) in [4.78, 5) is 37.8. The van der Waals surface area contributed by atoms with Gasteiger partial charge in [-0.2, -0.15) is 0 Å². The Labute approximate surface area is 275 Å². The van der Waals surface area contributed by atoms with Crippen molar-refractivity contribution in [3.63, 3.8) is 0 Å². The maximum atomic E-state index is 14.0. The minimum absolute atomic E-state index is 0. The molecule has 4 aromatic carbocycles. The molecule has 4 aromatic rings. The van der Waals surface area contributed by atoms with Crippen LogP contribution in [0.1, 0.15) is 59.5 Å². The minimum Gasteiger partial charge on any atom is -0.659 e. The van der Waals surface area contributed by atoms with Crippen LogP contribution >= 0.6 is 0 Å². The largest absolute Gasteiger partial charge is 2.00 e. The molecule has 0 aliphatic carbocycles. The van der Waals surface area contributed by atoms with Crippen molar-refractivity contribution >= 4 is 45.7 Å². The number of aryl methyl sites for hydroxylation is 2. The number of Topliss-reactive ketones (excluding diaryl/α,β-unsaturated/α-hetero) is 2. The molecule has 0 fully saturated rings. The Bertz CT molecular complexity index is 1740. The van der Waals surface area contributed by atoms with E-state index >= 15 is 0 Å². The zero-order valence-electron chi connectivity index (χ0n) is 26.2. The third-order valence-corrected chi connectivity index (χ3v) is 7.44. The number of carbonyl (C=O) groups is 2. The smallest absolute Gasteiger partial charge is 0.659 e. The van der Waals surface area contributed by atoms with Gasteiger partial charge < -0.3 is 10.6 Å². The first-order chi connectivity index (χ1) is 21.1. The molecule has 0 spiro atoms. The van der Waals surface area contributed by atoms with Gasteiger partial charge in [0.25, 0.3) is 0 Å². The number of rotatable bonds is 4. The molecule has 0 radical (unpaired) electrons. The van der Waals surface area contributed by atoms with Crippen LogP contribution in [-0.2, 0) is 16.5 Å². The zero-order valence-corrected chi connectivity index (χ0v) is 27.1. The molecule has 1 aliphatic heterocycles. The predicted octanol–water partition coefficient (Wildman–Crippen LogP) is 10.5. The van der Waals surface area contributed by atoms with Gasteiger partial charge in [-0.1, -0.05) is 110 Å². The second-order valence-electron chi connectivity index (χ2n) is 10.9. The van der Waals surface area contributed by atoms with Gasteiger partial charge in [-0.25, -0.2) is 0 Å². The number of allylic oxidation sites excluding steroid dienone is 4. The van der Waals surface area contributed by atoms with Crippen LogP contribution in [0.5, 0.6) is 0 Å². The van der Waals surface area contributed by atoms with E-state index in [9.17, 15) is 9.59 Å². The van der Waals surface area contributed by atoms with Crippen LogP contribution in [0.2, 0.25) is 0 Å². The maximum absolute atomic E-state index is 14.0. The monoisotopic (exact) mass is 636 g/mol. The fourth-order valence-corrected chi connectivity index (χ4v) is 5.13. The molecule has 45 heavy (non-hydrogen) atoms. The van der Waals surface area contributed by atoms with Crippen molar-refractivity contribution < 1.29 is 26.1 Å². The van der Waals surface area contributed by atoms with Crippen molar-refractivity contribution in [1.29, 1.82) is 0 Å². The van der Waals surface area contributed by atoms with Gasteiger partial charge in [0, 0.05) is 45.1 Å². The molecule has 228 valence electrons. The summed E-state index contributed by atoms with van der Waals surface area (Å²) in [5, 5.41) is 9.83. The van der Waals surface area contributed by atoms with Gasteiger partial charge in [-0.05, 0) is 39.8 Å². The molecule has 0 aromatic heterocycles. The van der Waals surface area contributed by atoms with E-state index in [0.29, 0.717) is 67.8 Å². The quantitative estimate of drug-likeness (QED) is 0.165. The Balaban J connectivity index is 0.00000461. The first kappa shape index (κ1) is 33.0.